The molecule has 0 bridgehead atoms. The van der Waals surface area contributed by atoms with Gasteiger partial charge < -0.3 is 21.5 Å². The largest absolute Gasteiger partial charge is 0.480 e. The predicted molar refractivity (Wildman–Crippen MR) is 72.0 cm³/mol. The summed E-state index contributed by atoms with van der Waals surface area (Å²) in [5, 5.41) is 13.4. The molecule has 1 heterocycles. The van der Waals surface area contributed by atoms with E-state index in [0.29, 0.717) is 0 Å². The number of nitrogens with one attached hydrogen (secondary N) is 2. The van der Waals surface area contributed by atoms with Crippen molar-refractivity contribution in [3.8, 4) is 0 Å². The van der Waals surface area contributed by atoms with E-state index < -0.39 is 30.2 Å². The summed E-state index contributed by atoms with van der Waals surface area (Å²) in [4.78, 5) is 46.9. The third kappa shape index (κ3) is 5.38. The van der Waals surface area contributed by atoms with Crippen molar-refractivity contribution in [2.45, 2.75) is 31.3 Å². The lowest BCUT2D eigenvalue weighted by molar-refractivity contribution is -0.143. The maximum absolute atomic E-state index is 11.8. The summed E-state index contributed by atoms with van der Waals surface area (Å²) < 4.78 is 0. The number of carbonyl (C=O) groups is 4. The van der Waals surface area contributed by atoms with Gasteiger partial charge in [0.15, 0.2) is 0 Å². The van der Waals surface area contributed by atoms with E-state index in [1.165, 1.54) is 0 Å². The van der Waals surface area contributed by atoms with Gasteiger partial charge in [0, 0.05) is 0 Å². The van der Waals surface area contributed by atoms with Gasteiger partial charge in [-0.15, -0.1) is 0 Å². The average Bonchev–Trinajstić information content (AvgIpc) is 2.81. The third-order valence-electron chi connectivity index (χ3n) is 3.28. The van der Waals surface area contributed by atoms with Gasteiger partial charge in [0.25, 0.3) is 0 Å². The molecule has 2 atom stereocenters. The van der Waals surface area contributed by atoms with E-state index in [2.05, 4.69) is 10.6 Å². The molecule has 9 nitrogen and oxygen atoms in total. The molecule has 118 valence electrons. The third-order valence-corrected chi connectivity index (χ3v) is 3.28. The van der Waals surface area contributed by atoms with Crippen molar-refractivity contribution < 1.29 is 24.3 Å². The fourth-order valence-electron chi connectivity index (χ4n) is 2.17. The van der Waals surface area contributed by atoms with E-state index in [4.69, 9.17) is 10.8 Å². The number of likely N-dealkylation sites (N-methyl/N-ethyl adjacent to an activating group) is 1. The number of hydrogen-bond acceptors (Lipinski definition) is 5. The minimum Gasteiger partial charge on any atom is -0.480 e. The maximum atomic E-state index is 11.8. The Morgan fingerprint density at radius 3 is 2.52 bits per heavy atom. The van der Waals surface area contributed by atoms with Crippen molar-refractivity contribution in [2.75, 3.05) is 20.1 Å². The van der Waals surface area contributed by atoms with Gasteiger partial charge >= 0.3 is 5.97 Å². The first kappa shape index (κ1) is 16.9. The SMILES string of the molecule is CN1CCC[C@H]1C(=O)NCC(=O)N[C@@H](CC(N)=O)C(=O)O. The Labute approximate surface area is 121 Å². The van der Waals surface area contributed by atoms with Crippen LogP contribution in [0.3, 0.4) is 0 Å². The van der Waals surface area contributed by atoms with Crippen molar-refractivity contribution in [3.05, 3.63) is 0 Å². The molecule has 1 aliphatic rings. The van der Waals surface area contributed by atoms with Gasteiger partial charge in [-0.2, -0.15) is 0 Å². The van der Waals surface area contributed by atoms with Gasteiger partial charge in [-0.25, -0.2) is 4.79 Å². The van der Waals surface area contributed by atoms with Crippen LogP contribution in [0.1, 0.15) is 19.3 Å². The van der Waals surface area contributed by atoms with Crippen LogP contribution >= 0.6 is 0 Å². The Kier molecular flexibility index (Phi) is 6.10. The summed E-state index contributed by atoms with van der Waals surface area (Å²) in [5.41, 5.74) is 4.90. The Morgan fingerprint density at radius 2 is 2.05 bits per heavy atom. The van der Waals surface area contributed by atoms with Crippen LogP contribution in [0.15, 0.2) is 0 Å². The molecule has 0 spiro atoms. The highest BCUT2D eigenvalue weighted by molar-refractivity contribution is 5.91. The number of hydrogen-bond donors (Lipinski definition) is 4. The fourth-order valence-corrected chi connectivity index (χ4v) is 2.17. The number of carboxylic acids is 1. The highest BCUT2D eigenvalue weighted by atomic mass is 16.4. The van der Waals surface area contributed by atoms with Crippen molar-refractivity contribution in [1.29, 1.82) is 0 Å². The summed E-state index contributed by atoms with van der Waals surface area (Å²) in [6.45, 7) is 0.482. The molecule has 1 rings (SSSR count). The number of carbonyl (C=O) groups excluding carboxylic acids is 3. The number of aliphatic carboxylic acids is 1. The molecule has 0 unspecified atom stereocenters. The second kappa shape index (κ2) is 7.58. The summed E-state index contributed by atoms with van der Waals surface area (Å²) in [7, 11) is 1.82. The van der Waals surface area contributed by atoms with E-state index in [1.54, 1.807) is 0 Å². The number of likely N-dealkylation sites (tertiary alicyclic amines) is 1. The van der Waals surface area contributed by atoms with Crippen LogP contribution in [0.5, 0.6) is 0 Å². The van der Waals surface area contributed by atoms with Crippen LogP contribution in [-0.2, 0) is 19.2 Å². The molecular formula is C12H20N4O5. The molecule has 0 saturated carbocycles. The molecule has 0 aliphatic carbocycles. The van der Waals surface area contributed by atoms with Gasteiger partial charge in [0.1, 0.15) is 6.04 Å². The van der Waals surface area contributed by atoms with E-state index in [9.17, 15) is 19.2 Å². The lowest BCUT2D eigenvalue weighted by Gasteiger charge is -2.19. The maximum Gasteiger partial charge on any atom is 0.326 e. The summed E-state index contributed by atoms with van der Waals surface area (Å²) >= 11 is 0. The molecule has 9 heteroatoms. The Morgan fingerprint density at radius 1 is 1.38 bits per heavy atom. The van der Waals surface area contributed by atoms with Crippen LogP contribution in [0, 0.1) is 0 Å². The second-order valence-electron chi connectivity index (χ2n) is 4.99. The average molecular weight is 300 g/mol. The van der Waals surface area contributed by atoms with Gasteiger partial charge in [-0.05, 0) is 26.4 Å². The van der Waals surface area contributed by atoms with Crippen LogP contribution in [0.2, 0.25) is 0 Å². The molecule has 0 aromatic rings. The standard InChI is InChI=1S/C12H20N4O5/c1-16-4-2-3-8(16)11(19)14-6-10(18)15-7(12(20)21)5-9(13)17/h7-8H,2-6H2,1H3,(H2,13,17)(H,14,19)(H,15,18)(H,20,21)/t7-,8-/m0/s1. The number of carboxylic acid groups (broad SMARTS) is 1. The van der Waals surface area contributed by atoms with Crippen molar-refractivity contribution in [1.82, 2.24) is 15.5 Å². The monoisotopic (exact) mass is 300 g/mol. The van der Waals surface area contributed by atoms with Crippen molar-refractivity contribution >= 4 is 23.7 Å². The van der Waals surface area contributed by atoms with Crippen LogP contribution < -0.4 is 16.4 Å². The molecule has 1 fully saturated rings. The van der Waals surface area contributed by atoms with Crippen molar-refractivity contribution in [3.63, 3.8) is 0 Å². The van der Waals surface area contributed by atoms with Crippen molar-refractivity contribution in [2.24, 2.45) is 5.73 Å². The van der Waals surface area contributed by atoms with Gasteiger partial charge in [0.2, 0.25) is 17.7 Å². The molecule has 0 aromatic heterocycles. The zero-order chi connectivity index (χ0) is 16.0. The lowest BCUT2D eigenvalue weighted by Crippen LogP contribution is -2.49. The fraction of sp³-hybridized carbons (Fsp3) is 0.667. The molecule has 1 saturated heterocycles. The Balaban J connectivity index is 2.40. The Hall–Kier alpha value is -2.16. The van der Waals surface area contributed by atoms with E-state index in [-0.39, 0.29) is 18.5 Å². The number of amides is 3. The van der Waals surface area contributed by atoms with E-state index in [0.717, 1.165) is 19.4 Å². The number of rotatable bonds is 7. The summed E-state index contributed by atoms with van der Waals surface area (Å²) in [6.07, 6.45) is 1.14. The van der Waals surface area contributed by atoms with E-state index in [1.807, 2.05) is 11.9 Å². The van der Waals surface area contributed by atoms with Gasteiger partial charge in [-0.1, -0.05) is 0 Å². The second-order valence-corrected chi connectivity index (χ2v) is 4.99. The quantitative estimate of drug-likeness (QED) is 0.414. The molecular weight excluding hydrogens is 280 g/mol. The van der Waals surface area contributed by atoms with Gasteiger partial charge in [-0.3, -0.25) is 19.3 Å². The first-order chi connectivity index (χ1) is 9.81. The first-order valence-electron chi connectivity index (χ1n) is 6.59. The smallest absolute Gasteiger partial charge is 0.326 e. The summed E-state index contributed by atoms with van der Waals surface area (Å²) in [5.74, 6) is -3.15. The normalized spacial score (nSPS) is 19.8. The van der Waals surface area contributed by atoms with Crippen LogP contribution in [0.25, 0.3) is 0 Å². The zero-order valence-electron chi connectivity index (χ0n) is 11.8. The predicted octanol–water partition coefficient (Wildman–Crippen LogP) is -2.36. The van der Waals surface area contributed by atoms with Crippen LogP contribution in [0.4, 0.5) is 0 Å². The topological polar surface area (TPSA) is 142 Å². The molecule has 0 aromatic carbocycles. The van der Waals surface area contributed by atoms with Crippen LogP contribution in [-0.4, -0.2) is 65.9 Å². The molecule has 3 amide bonds. The minimum atomic E-state index is -1.39. The zero-order valence-corrected chi connectivity index (χ0v) is 11.8. The number of primary amides is 1. The number of nitrogens with two attached hydrogens (primary N) is 1. The Bertz CT molecular complexity index is 439. The molecule has 21 heavy (non-hydrogen) atoms. The minimum absolute atomic E-state index is 0.265. The lowest BCUT2D eigenvalue weighted by atomic mass is 10.2. The highest BCUT2D eigenvalue weighted by Gasteiger charge is 2.28. The van der Waals surface area contributed by atoms with E-state index >= 15 is 0 Å². The first-order valence-corrected chi connectivity index (χ1v) is 6.59. The van der Waals surface area contributed by atoms with Gasteiger partial charge in [0.05, 0.1) is 19.0 Å². The highest BCUT2D eigenvalue weighted by Crippen LogP contribution is 2.14. The molecule has 5 N–H and O–H groups in total. The number of nitrogens with zero attached hydrogens (tertiary/aromatic N) is 1. The summed E-state index contributed by atoms with van der Waals surface area (Å²) in [6, 6.07) is -1.65. The molecule has 0 radical (unpaired) electrons. The molecule has 1 aliphatic heterocycles.